The van der Waals surface area contributed by atoms with Crippen molar-refractivity contribution in [2.24, 2.45) is 10.9 Å². The molecular formula is C10H16N4O2S2. The normalized spacial score (nSPS) is 11.2. The maximum Gasteiger partial charge on any atom is 0.209 e. The molecule has 0 atom stereocenters. The third-order valence-electron chi connectivity index (χ3n) is 2.15. The zero-order valence-corrected chi connectivity index (χ0v) is 11.6. The van der Waals surface area contributed by atoms with Gasteiger partial charge in [-0.15, -0.1) is 0 Å². The number of nitrogens with zero attached hydrogens (tertiary/aromatic N) is 1. The third-order valence-corrected chi connectivity index (χ3v) is 3.24. The Bertz CT molecular complexity index is 543. The highest BCUT2D eigenvalue weighted by Gasteiger charge is 2.04. The zero-order valence-electron chi connectivity index (χ0n) is 10.0. The van der Waals surface area contributed by atoms with Crippen molar-refractivity contribution in [2.45, 2.75) is 13.3 Å². The van der Waals surface area contributed by atoms with E-state index < -0.39 is 10.0 Å². The molecule has 5 N–H and O–H groups in total. The standard InChI is InChI=1S/C10H16N4O2S2/c1-7-5-8(10(11)17)6-9(14-7)13-3-2-4-18(12,15)16/h5-6H,2-4H2,1H3,(H2,11,17)(H,13,14)(H2,12,15,16). The quantitative estimate of drug-likeness (QED) is 0.506. The van der Waals surface area contributed by atoms with Crippen LogP contribution in [0.15, 0.2) is 12.1 Å². The summed E-state index contributed by atoms with van der Waals surface area (Å²) < 4.78 is 21.5. The highest BCUT2D eigenvalue weighted by molar-refractivity contribution is 7.89. The molecule has 1 aromatic rings. The predicted octanol–water partition coefficient (Wildman–Crippen LogP) is 0.115. The number of hydrogen-bond donors (Lipinski definition) is 3. The molecule has 1 heterocycles. The summed E-state index contributed by atoms with van der Waals surface area (Å²) in [5.74, 6) is 0.556. The summed E-state index contributed by atoms with van der Waals surface area (Å²) >= 11 is 4.89. The maximum atomic E-state index is 10.7. The van der Waals surface area contributed by atoms with Gasteiger partial charge in [-0.1, -0.05) is 12.2 Å². The lowest BCUT2D eigenvalue weighted by molar-refractivity contribution is 0.595. The molecule has 8 heteroatoms. The molecule has 0 aromatic carbocycles. The lowest BCUT2D eigenvalue weighted by Gasteiger charge is -2.08. The first kappa shape index (κ1) is 14.8. The first-order chi connectivity index (χ1) is 8.28. The number of rotatable bonds is 6. The second-order valence-corrected chi connectivity index (χ2v) is 6.07. The van der Waals surface area contributed by atoms with Gasteiger partial charge in [0.05, 0.1) is 5.75 Å². The summed E-state index contributed by atoms with van der Waals surface area (Å²) in [6, 6.07) is 3.52. The van der Waals surface area contributed by atoms with Gasteiger partial charge < -0.3 is 11.1 Å². The van der Waals surface area contributed by atoms with Crippen LogP contribution in [-0.2, 0) is 10.0 Å². The van der Waals surface area contributed by atoms with Crippen LogP contribution in [0.3, 0.4) is 0 Å². The Labute approximate surface area is 112 Å². The molecule has 0 saturated carbocycles. The highest BCUT2D eigenvalue weighted by Crippen LogP contribution is 2.10. The van der Waals surface area contributed by atoms with Gasteiger partial charge in [-0.2, -0.15) is 0 Å². The fourth-order valence-electron chi connectivity index (χ4n) is 1.39. The van der Waals surface area contributed by atoms with E-state index in [0.29, 0.717) is 23.8 Å². The van der Waals surface area contributed by atoms with E-state index in [4.69, 9.17) is 23.1 Å². The SMILES string of the molecule is Cc1cc(C(N)=S)cc(NCCCS(N)(=O)=O)n1. The summed E-state index contributed by atoms with van der Waals surface area (Å²) in [6.07, 6.45) is 0.414. The summed E-state index contributed by atoms with van der Waals surface area (Å²) in [4.78, 5) is 4.54. The fraction of sp³-hybridized carbons (Fsp3) is 0.400. The Morgan fingerprint density at radius 3 is 2.72 bits per heavy atom. The summed E-state index contributed by atoms with van der Waals surface area (Å²) in [5, 5.41) is 7.91. The van der Waals surface area contributed by atoms with Crippen molar-refractivity contribution in [3.05, 3.63) is 23.4 Å². The van der Waals surface area contributed by atoms with Crippen molar-refractivity contribution in [3.8, 4) is 0 Å². The predicted molar refractivity (Wildman–Crippen MR) is 75.9 cm³/mol. The summed E-state index contributed by atoms with van der Waals surface area (Å²) in [5.41, 5.74) is 7.06. The molecular weight excluding hydrogens is 272 g/mol. The van der Waals surface area contributed by atoms with Gasteiger partial charge in [-0.05, 0) is 25.5 Å². The van der Waals surface area contributed by atoms with E-state index in [1.54, 1.807) is 12.1 Å². The number of thiocarbonyl (C=S) groups is 1. The minimum absolute atomic E-state index is 0.0615. The second-order valence-electron chi connectivity index (χ2n) is 3.89. The monoisotopic (exact) mass is 288 g/mol. The van der Waals surface area contributed by atoms with Crippen molar-refractivity contribution in [1.29, 1.82) is 0 Å². The fourth-order valence-corrected chi connectivity index (χ4v) is 2.06. The number of aryl methyl sites for hydroxylation is 1. The lowest BCUT2D eigenvalue weighted by Crippen LogP contribution is -2.19. The van der Waals surface area contributed by atoms with Gasteiger partial charge in [-0.3, -0.25) is 0 Å². The third kappa shape index (κ3) is 5.39. The second kappa shape index (κ2) is 6.07. The van der Waals surface area contributed by atoms with Gasteiger partial charge in [0.25, 0.3) is 0 Å². The molecule has 0 radical (unpaired) electrons. The highest BCUT2D eigenvalue weighted by atomic mass is 32.2. The van der Waals surface area contributed by atoms with Crippen LogP contribution < -0.4 is 16.2 Å². The van der Waals surface area contributed by atoms with Crippen molar-refractivity contribution >= 4 is 33.0 Å². The van der Waals surface area contributed by atoms with E-state index in [2.05, 4.69) is 10.3 Å². The van der Waals surface area contributed by atoms with Gasteiger partial charge >= 0.3 is 0 Å². The molecule has 1 aromatic heterocycles. The van der Waals surface area contributed by atoms with E-state index in [0.717, 1.165) is 11.3 Å². The maximum absolute atomic E-state index is 10.7. The van der Waals surface area contributed by atoms with Crippen LogP contribution in [0.5, 0.6) is 0 Å². The first-order valence-corrected chi connectivity index (χ1v) is 7.43. The van der Waals surface area contributed by atoms with Crippen molar-refractivity contribution in [1.82, 2.24) is 4.98 Å². The molecule has 6 nitrogen and oxygen atoms in total. The summed E-state index contributed by atoms with van der Waals surface area (Å²) in [6.45, 7) is 2.29. The molecule has 1 rings (SSSR count). The number of sulfonamides is 1. The number of nitrogens with two attached hydrogens (primary N) is 2. The molecule has 0 unspecified atom stereocenters. The van der Waals surface area contributed by atoms with Crippen LogP contribution in [0.4, 0.5) is 5.82 Å². The Kier molecular flexibility index (Phi) is 5.00. The molecule has 100 valence electrons. The molecule has 0 aliphatic rings. The number of aromatic nitrogens is 1. The minimum Gasteiger partial charge on any atom is -0.389 e. The first-order valence-electron chi connectivity index (χ1n) is 5.31. The zero-order chi connectivity index (χ0) is 13.8. The van der Waals surface area contributed by atoms with Gasteiger partial charge in [0.1, 0.15) is 10.8 Å². The molecule has 0 spiro atoms. The van der Waals surface area contributed by atoms with Gasteiger partial charge in [-0.25, -0.2) is 18.5 Å². The van der Waals surface area contributed by atoms with E-state index in [1.807, 2.05) is 6.92 Å². The largest absolute Gasteiger partial charge is 0.389 e. The van der Waals surface area contributed by atoms with Crippen molar-refractivity contribution < 1.29 is 8.42 Å². The van der Waals surface area contributed by atoms with Crippen LogP contribution in [0, 0.1) is 6.92 Å². The smallest absolute Gasteiger partial charge is 0.209 e. The molecule has 0 saturated heterocycles. The van der Waals surface area contributed by atoms with Gasteiger partial charge in [0, 0.05) is 17.8 Å². The average molecular weight is 288 g/mol. The molecule has 0 bridgehead atoms. The molecule has 0 amide bonds. The number of anilines is 1. The minimum atomic E-state index is -3.41. The molecule has 18 heavy (non-hydrogen) atoms. The van der Waals surface area contributed by atoms with Crippen LogP contribution in [-0.4, -0.2) is 30.7 Å². The van der Waals surface area contributed by atoms with Crippen LogP contribution in [0.2, 0.25) is 0 Å². The van der Waals surface area contributed by atoms with E-state index in [-0.39, 0.29) is 5.75 Å². The van der Waals surface area contributed by atoms with Gasteiger partial charge in [0.2, 0.25) is 10.0 Å². The number of nitrogens with one attached hydrogen (secondary N) is 1. The molecule has 0 fully saturated rings. The van der Waals surface area contributed by atoms with Crippen LogP contribution in [0.1, 0.15) is 17.7 Å². The number of hydrogen-bond acceptors (Lipinski definition) is 5. The summed E-state index contributed by atoms with van der Waals surface area (Å²) in [7, 11) is -3.41. The Morgan fingerprint density at radius 1 is 1.50 bits per heavy atom. The van der Waals surface area contributed by atoms with Crippen molar-refractivity contribution in [2.75, 3.05) is 17.6 Å². The van der Waals surface area contributed by atoms with Gasteiger partial charge in [0.15, 0.2) is 0 Å². The number of primary sulfonamides is 1. The Morgan fingerprint density at radius 2 is 2.17 bits per heavy atom. The average Bonchev–Trinajstić information content (AvgIpc) is 2.22. The lowest BCUT2D eigenvalue weighted by atomic mass is 10.2. The topological polar surface area (TPSA) is 111 Å². The van der Waals surface area contributed by atoms with E-state index in [1.165, 1.54) is 0 Å². The van der Waals surface area contributed by atoms with Crippen LogP contribution >= 0.6 is 12.2 Å². The Hall–Kier alpha value is -1.25. The van der Waals surface area contributed by atoms with Crippen molar-refractivity contribution in [3.63, 3.8) is 0 Å². The van der Waals surface area contributed by atoms with Crippen LogP contribution in [0.25, 0.3) is 0 Å². The number of pyridine rings is 1. The Balaban J connectivity index is 2.60. The van der Waals surface area contributed by atoms with E-state index in [9.17, 15) is 8.42 Å². The molecule has 0 aliphatic carbocycles. The van der Waals surface area contributed by atoms with E-state index >= 15 is 0 Å². The molecule has 0 aliphatic heterocycles.